The monoisotopic (exact) mass is 396 g/mol. The Morgan fingerprint density at radius 3 is 2.41 bits per heavy atom. The Hall–Kier alpha value is -3.22. The summed E-state index contributed by atoms with van der Waals surface area (Å²) in [5, 5.41) is 0. The number of hydrogen-bond acceptors (Lipinski definition) is 5. The number of ketones is 2. The molecule has 0 bridgehead atoms. The number of ether oxygens (including phenoxy) is 1. The van der Waals surface area contributed by atoms with Gasteiger partial charge in [0, 0.05) is 36.0 Å². The lowest BCUT2D eigenvalue weighted by molar-refractivity contribution is -0.116. The van der Waals surface area contributed by atoms with Crippen LogP contribution in [0.5, 0.6) is 0 Å². The van der Waals surface area contributed by atoms with E-state index in [1.54, 1.807) is 36.9 Å². The van der Waals surface area contributed by atoms with Gasteiger partial charge < -0.3 is 14.6 Å². The molecule has 1 aromatic heterocycles. The van der Waals surface area contributed by atoms with E-state index >= 15 is 0 Å². The maximum atomic E-state index is 12.8. The predicted octanol–water partition coefficient (Wildman–Crippen LogP) is 3.17. The van der Waals surface area contributed by atoms with Crippen molar-refractivity contribution in [1.29, 1.82) is 0 Å². The third-order valence-corrected chi connectivity index (χ3v) is 5.29. The topological polar surface area (TPSA) is 96.5 Å². The first-order valence-corrected chi connectivity index (χ1v) is 9.48. The molecule has 152 valence electrons. The number of carbonyl (C=O) groups is 4. The van der Waals surface area contributed by atoms with Gasteiger partial charge >= 0.3 is 5.97 Å². The SMILES string of the molecule is CC(=O)c1c(C)[nH]c(C(=O)OC(C)C(=O)c2ccc3c(c2)CCN3C(C)=O)c1C. The highest BCUT2D eigenvalue weighted by Gasteiger charge is 2.27. The Morgan fingerprint density at radius 1 is 1.14 bits per heavy atom. The van der Waals surface area contributed by atoms with Crippen molar-refractivity contribution in [3.05, 3.63) is 51.8 Å². The van der Waals surface area contributed by atoms with Crippen LogP contribution >= 0.6 is 0 Å². The minimum Gasteiger partial charge on any atom is -0.450 e. The van der Waals surface area contributed by atoms with E-state index in [-0.39, 0.29) is 23.2 Å². The highest BCUT2D eigenvalue weighted by molar-refractivity contribution is 6.04. The van der Waals surface area contributed by atoms with E-state index in [0.717, 1.165) is 11.3 Å². The van der Waals surface area contributed by atoms with Crippen molar-refractivity contribution in [3.63, 3.8) is 0 Å². The Morgan fingerprint density at radius 2 is 1.83 bits per heavy atom. The van der Waals surface area contributed by atoms with Crippen molar-refractivity contribution in [2.24, 2.45) is 0 Å². The molecule has 1 aliphatic rings. The van der Waals surface area contributed by atoms with E-state index in [1.807, 2.05) is 0 Å². The van der Waals surface area contributed by atoms with E-state index < -0.39 is 12.1 Å². The van der Waals surface area contributed by atoms with Crippen LogP contribution < -0.4 is 4.90 Å². The Kier molecular flexibility index (Phi) is 5.42. The Balaban J connectivity index is 1.76. The second-order valence-corrected chi connectivity index (χ2v) is 7.36. The number of carbonyl (C=O) groups excluding carboxylic acids is 4. The average Bonchev–Trinajstić information content (AvgIpc) is 3.20. The van der Waals surface area contributed by atoms with Gasteiger partial charge in [0.05, 0.1) is 0 Å². The number of anilines is 1. The number of rotatable bonds is 5. The predicted molar refractivity (Wildman–Crippen MR) is 108 cm³/mol. The van der Waals surface area contributed by atoms with E-state index in [1.165, 1.54) is 20.8 Å². The molecule has 29 heavy (non-hydrogen) atoms. The largest absolute Gasteiger partial charge is 0.450 e. The maximum absolute atomic E-state index is 12.8. The first-order valence-electron chi connectivity index (χ1n) is 9.48. The fraction of sp³-hybridized carbons (Fsp3) is 0.364. The van der Waals surface area contributed by atoms with Crippen molar-refractivity contribution in [2.45, 2.75) is 47.1 Å². The summed E-state index contributed by atoms with van der Waals surface area (Å²) < 4.78 is 5.36. The number of Topliss-reactive ketones (excluding diaryl/α,β-unsaturated/α-hetero) is 2. The second-order valence-electron chi connectivity index (χ2n) is 7.36. The number of nitrogens with one attached hydrogen (secondary N) is 1. The first-order chi connectivity index (χ1) is 13.6. The third kappa shape index (κ3) is 3.72. The molecule has 3 rings (SSSR count). The number of aryl methyl sites for hydroxylation is 1. The molecule has 2 heterocycles. The minimum absolute atomic E-state index is 0.0355. The lowest BCUT2D eigenvalue weighted by atomic mass is 10.0. The highest BCUT2D eigenvalue weighted by atomic mass is 16.5. The summed E-state index contributed by atoms with van der Waals surface area (Å²) >= 11 is 0. The van der Waals surface area contributed by atoms with Gasteiger partial charge in [-0.25, -0.2) is 4.79 Å². The zero-order valence-electron chi connectivity index (χ0n) is 17.2. The van der Waals surface area contributed by atoms with Crippen molar-refractivity contribution >= 4 is 29.1 Å². The number of H-pyrrole nitrogens is 1. The molecule has 1 aromatic carbocycles. The molecule has 1 unspecified atom stereocenters. The van der Waals surface area contributed by atoms with Crippen LogP contribution in [0.3, 0.4) is 0 Å². The van der Waals surface area contributed by atoms with E-state index in [0.29, 0.717) is 35.3 Å². The van der Waals surface area contributed by atoms with Crippen molar-refractivity contribution < 1.29 is 23.9 Å². The molecule has 7 nitrogen and oxygen atoms in total. The molecule has 0 fully saturated rings. The fourth-order valence-corrected chi connectivity index (χ4v) is 3.87. The highest BCUT2D eigenvalue weighted by Crippen LogP contribution is 2.29. The molecule has 0 saturated carbocycles. The zero-order valence-corrected chi connectivity index (χ0v) is 17.2. The average molecular weight is 396 g/mol. The van der Waals surface area contributed by atoms with Gasteiger partial charge in [0.15, 0.2) is 11.9 Å². The molecule has 7 heteroatoms. The number of aromatic nitrogens is 1. The zero-order chi connectivity index (χ0) is 21.5. The van der Waals surface area contributed by atoms with Gasteiger partial charge in [0.1, 0.15) is 5.69 Å². The van der Waals surface area contributed by atoms with Gasteiger partial charge in [-0.15, -0.1) is 0 Å². The number of benzene rings is 1. The summed E-state index contributed by atoms with van der Waals surface area (Å²) in [5.41, 5.74) is 3.91. The molecule has 0 saturated heterocycles. The molecular formula is C22H24N2O5. The van der Waals surface area contributed by atoms with Crippen LogP contribution in [-0.4, -0.2) is 41.1 Å². The first kappa shape index (κ1) is 20.5. The van der Waals surface area contributed by atoms with Crippen LogP contribution in [0.1, 0.15) is 68.8 Å². The van der Waals surface area contributed by atoms with E-state index in [2.05, 4.69) is 4.98 Å². The van der Waals surface area contributed by atoms with Gasteiger partial charge in [-0.05, 0) is 63.4 Å². The molecule has 1 amide bonds. The molecule has 0 spiro atoms. The van der Waals surface area contributed by atoms with Crippen LogP contribution in [0, 0.1) is 13.8 Å². The van der Waals surface area contributed by atoms with Crippen molar-refractivity contribution in [1.82, 2.24) is 4.98 Å². The Labute approximate surface area is 169 Å². The van der Waals surface area contributed by atoms with Gasteiger partial charge in [0.2, 0.25) is 11.7 Å². The maximum Gasteiger partial charge on any atom is 0.355 e. The summed E-state index contributed by atoms with van der Waals surface area (Å²) in [5.74, 6) is -1.18. The van der Waals surface area contributed by atoms with Crippen molar-refractivity contribution in [3.8, 4) is 0 Å². The molecular weight excluding hydrogens is 372 g/mol. The summed E-state index contributed by atoms with van der Waals surface area (Å²) in [7, 11) is 0. The van der Waals surface area contributed by atoms with Gasteiger partial charge in [0.25, 0.3) is 0 Å². The standard InChI is InChI=1S/C22H24N2O5/c1-11-19(13(3)25)12(2)23-20(11)22(28)29-14(4)21(27)17-6-7-18-16(10-17)8-9-24(18)15(5)26/h6-7,10,14,23H,8-9H2,1-5H3. The number of amides is 1. The lowest BCUT2D eigenvalue weighted by Gasteiger charge is -2.16. The summed E-state index contributed by atoms with van der Waals surface area (Å²) in [6.45, 7) is 8.45. The second kappa shape index (κ2) is 7.66. The van der Waals surface area contributed by atoms with E-state index in [4.69, 9.17) is 4.74 Å². The lowest BCUT2D eigenvalue weighted by Crippen LogP contribution is -2.26. The molecule has 0 aliphatic carbocycles. The van der Waals surface area contributed by atoms with E-state index in [9.17, 15) is 19.2 Å². The quantitative estimate of drug-likeness (QED) is 0.618. The van der Waals surface area contributed by atoms with Gasteiger partial charge in [-0.3, -0.25) is 14.4 Å². The Bertz CT molecular complexity index is 1030. The minimum atomic E-state index is -0.991. The number of esters is 1. The van der Waals surface area contributed by atoms with Gasteiger partial charge in [-0.2, -0.15) is 0 Å². The molecule has 2 aromatic rings. The molecule has 1 atom stereocenters. The smallest absolute Gasteiger partial charge is 0.355 e. The van der Waals surface area contributed by atoms with Crippen LogP contribution in [0.2, 0.25) is 0 Å². The number of hydrogen-bond donors (Lipinski definition) is 1. The number of aromatic amines is 1. The third-order valence-electron chi connectivity index (χ3n) is 5.29. The molecule has 1 N–H and O–H groups in total. The van der Waals surface area contributed by atoms with Crippen molar-refractivity contribution in [2.75, 3.05) is 11.4 Å². The van der Waals surface area contributed by atoms with Crippen LogP contribution in [0.15, 0.2) is 18.2 Å². The van der Waals surface area contributed by atoms with Crippen LogP contribution in [0.4, 0.5) is 5.69 Å². The normalized spacial score (nSPS) is 13.8. The number of fused-ring (bicyclic) bond motifs is 1. The molecule has 1 aliphatic heterocycles. The fourth-order valence-electron chi connectivity index (χ4n) is 3.87. The molecule has 0 radical (unpaired) electrons. The summed E-state index contributed by atoms with van der Waals surface area (Å²) in [6, 6.07) is 5.15. The van der Waals surface area contributed by atoms with Crippen LogP contribution in [-0.2, 0) is 16.0 Å². The van der Waals surface area contributed by atoms with Gasteiger partial charge in [-0.1, -0.05) is 0 Å². The summed E-state index contributed by atoms with van der Waals surface area (Å²) in [6.07, 6.45) is -0.312. The summed E-state index contributed by atoms with van der Waals surface area (Å²) in [4.78, 5) is 53.3. The van der Waals surface area contributed by atoms with Crippen LogP contribution in [0.25, 0.3) is 0 Å². The number of nitrogens with zero attached hydrogens (tertiary/aromatic N) is 1.